The number of benzene rings is 2. The maximum atomic E-state index is 12.2. The van der Waals surface area contributed by atoms with E-state index in [2.05, 4.69) is 41.5 Å². The first-order valence-corrected chi connectivity index (χ1v) is 11.0. The van der Waals surface area contributed by atoms with Gasteiger partial charge in [-0.2, -0.15) is 0 Å². The van der Waals surface area contributed by atoms with Crippen LogP contribution in [-0.2, 0) is 11.8 Å². The first-order valence-electron chi connectivity index (χ1n) is 9.67. The van der Waals surface area contributed by atoms with Crippen molar-refractivity contribution in [2.75, 3.05) is 11.1 Å². The molecule has 0 aliphatic rings. The van der Waals surface area contributed by atoms with E-state index in [0.29, 0.717) is 27.6 Å². The first-order chi connectivity index (χ1) is 14.3. The Labute approximate surface area is 186 Å². The van der Waals surface area contributed by atoms with Crippen molar-refractivity contribution in [2.24, 2.45) is 7.05 Å². The van der Waals surface area contributed by atoms with Gasteiger partial charge in [0.2, 0.25) is 5.91 Å². The number of ether oxygens (including phenoxy) is 1. The molecule has 0 spiro atoms. The molecule has 3 aromatic rings. The minimum absolute atomic E-state index is 0.138. The Kier molecular flexibility index (Phi) is 7.39. The predicted octanol–water partition coefficient (Wildman–Crippen LogP) is 5.46. The Balaban J connectivity index is 1.57. The van der Waals surface area contributed by atoms with Gasteiger partial charge >= 0.3 is 0 Å². The van der Waals surface area contributed by atoms with Gasteiger partial charge in [-0.3, -0.25) is 4.79 Å². The van der Waals surface area contributed by atoms with Gasteiger partial charge in [0.1, 0.15) is 5.75 Å². The molecule has 0 aliphatic heterocycles. The molecule has 2 aromatic carbocycles. The summed E-state index contributed by atoms with van der Waals surface area (Å²) in [6.45, 7) is 6.25. The Bertz CT molecular complexity index is 1000. The summed E-state index contributed by atoms with van der Waals surface area (Å²) in [5.41, 5.74) is 1.93. The highest BCUT2D eigenvalue weighted by atomic mass is 35.5. The lowest BCUT2D eigenvalue weighted by molar-refractivity contribution is -0.113. The second-order valence-corrected chi connectivity index (χ2v) is 8.61. The predicted molar refractivity (Wildman–Crippen MR) is 121 cm³/mol. The molecule has 0 fully saturated rings. The Morgan fingerprint density at radius 1 is 1.17 bits per heavy atom. The number of anilines is 1. The third kappa shape index (κ3) is 5.77. The molecule has 0 radical (unpaired) electrons. The van der Waals surface area contributed by atoms with Crippen LogP contribution in [0.3, 0.4) is 0 Å². The Morgan fingerprint density at radius 2 is 1.90 bits per heavy atom. The van der Waals surface area contributed by atoms with Crippen molar-refractivity contribution in [1.82, 2.24) is 14.8 Å². The fourth-order valence-corrected chi connectivity index (χ4v) is 3.80. The van der Waals surface area contributed by atoms with Crippen LogP contribution in [-0.4, -0.2) is 26.4 Å². The molecule has 0 saturated heterocycles. The maximum Gasteiger partial charge on any atom is 0.234 e. The number of amides is 1. The summed E-state index contributed by atoms with van der Waals surface area (Å²) in [5, 5.41) is 12.5. The average molecular weight is 445 g/mol. The van der Waals surface area contributed by atoms with E-state index in [-0.39, 0.29) is 17.8 Å². The van der Waals surface area contributed by atoms with Gasteiger partial charge in [0.25, 0.3) is 0 Å². The number of carbonyl (C=O) groups is 1. The molecule has 1 heterocycles. The molecule has 1 aromatic heterocycles. The van der Waals surface area contributed by atoms with Crippen LogP contribution < -0.4 is 10.1 Å². The highest BCUT2D eigenvalue weighted by Crippen LogP contribution is 2.25. The highest BCUT2D eigenvalue weighted by Gasteiger charge is 2.18. The fourth-order valence-electron chi connectivity index (χ4n) is 2.89. The van der Waals surface area contributed by atoms with Crippen molar-refractivity contribution in [3.05, 3.63) is 64.9 Å². The largest absolute Gasteiger partial charge is 0.483 e. The molecular weight excluding hydrogens is 420 g/mol. The molecule has 158 valence electrons. The summed E-state index contributed by atoms with van der Waals surface area (Å²) >= 11 is 7.26. The molecule has 30 heavy (non-hydrogen) atoms. The lowest BCUT2D eigenvalue weighted by Gasteiger charge is -2.15. The zero-order chi connectivity index (χ0) is 21.7. The smallest absolute Gasteiger partial charge is 0.234 e. The zero-order valence-corrected chi connectivity index (χ0v) is 19.0. The van der Waals surface area contributed by atoms with Gasteiger partial charge in [0.15, 0.2) is 17.1 Å². The Morgan fingerprint density at radius 3 is 2.57 bits per heavy atom. The minimum atomic E-state index is -0.276. The van der Waals surface area contributed by atoms with Crippen molar-refractivity contribution < 1.29 is 9.53 Å². The molecule has 0 saturated carbocycles. The van der Waals surface area contributed by atoms with Crippen molar-refractivity contribution in [3.8, 4) is 5.75 Å². The van der Waals surface area contributed by atoms with E-state index >= 15 is 0 Å². The molecule has 8 heteroatoms. The minimum Gasteiger partial charge on any atom is -0.483 e. The van der Waals surface area contributed by atoms with Crippen molar-refractivity contribution in [2.45, 2.75) is 37.9 Å². The van der Waals surface area contributed by atoms with E-state index in [1.54, 1.807) is 24.3 Å². The van der Waals surface area contributed by atoms with Crippen LogP contribution in [0.15, 0.2) is 53.7 Å². The average Bonchev–Trinajstić information content (AvgIpc) is 3.07. The number of halogens is 1. The van der Waals surface area contributed by atoms with Crippen LogP contribution in [0.4, 0.5) is 5.69 Å². The maximum absolute atomic E-state index is 12.2. The summed E-state index contributed by atoms with van der Waals surface area (Å²) in [7, 11) is 1.87. The van der Waals surface area contributed by atoms with E-state index in [4.69, 9.17) is 16.3 Å². The molecule has 1 unspecified atom stereocenters. The lowest BCUT2D eigenvalue weighted by Crippen LogP contribution is -2.14. The SMILES string of the molecule is CC(C)c1ccc(OC(C)c2nnc(SCC(=O)Nc3cccc(Cl)c3)n2C)cc1. The molecule has 6 nitrogen and oxygen atoms in total. The summed E-state index contributed by atoms with van der Waals surface area (Å²) in [4.78, 5) is 12.2. The normalized spacial score (nSPS) is 12.1. The van der Waals surface area contributed by atoms with Gasteiger partial charge < -0.3 is 14.6 Å². The second-order valence-electron chi connectivity index (χ2n) is 7.23. The van der Waals surface area contributed by atoms with E-state index in [1.807, 2.05) is 30.7 Å². The van der Waals surface area contributed by atoms with E-state index < -0.39 is 0 Å². The molecule has 1 N–H and O–H groups in total. The first kappa shape index (κ1) is 22.2. The Hall–Kier alpha value is -2.51. The van der Waals surface area contributed by atoms with E-state index in [1.165, 1.54) is 17.3 Å². The zero-order valence-electron chi connectivity index (χ0n) is 17.4. The number of nitrogens with one attached hydrogen (secondary N) is 1. The quantitative estimate of drug-likeness (QED) is 0.467. The summed E-state index contributed by atoms with van der Waals surface area (Å²) in [6.07, 6.45) is -0.276. The van der Waals surface area contributed by atoms with Crippen LogP contribution in [0.5, 0.6) is 5.75 Å². The molecule has 3 rings (SSSR count). The number of carbonyl (C=O) groups excluding carboxylic acids is 1. The van der Waals surface area contributed by atoms with Gasteiger partial charge in [-0.05, 0) is 48.7 Å². The van der Waals surface area contributed by atoms with Gasteiger partial charge in [0.05, 0.1) is 5.75 Å². The second kappa shape index (κ2) is 10.00. The summed E-state index contributed by atoms with van der Waals surface area (Å²) in [6, 6.07) is 15.1. The number of hydrogen-bond acceptors (Lipinski definition) is 5. The van der Waals surface area contributed by atoms with Crippen LogP contribution in [0.1, 0.15) is 44.2 Å². The van der Waals surface area contributed by atoms with Crippen LogP contribution in [0.25, 0.3) is 0 Å². The molecule has 0 aliphatic carbocycles. The summed E-state index contributed by atoms with van der Waals surface area (Å²) < 4.78 is 7.87. The fraction of sp³-hybridized carbons (Fsp3) is 0.318. The number of rotatable bonds is 8. The number of nitrogens with zero attached hydrogens (tertiary/aromatic N) is 3. The standard InChI is InChI=1S/C22H25ClN4O2S/c1-14(2)16-8-10-19(11-9-16)29-15(3)21-25-26-22(27(21)4)30-13-20(28)24-18-7-5-6-17(23)12-18/h5-12,14-15H,13H2,1-4H3,(H,24,28). The number of aromatic nitrogens is 3. The van der Waals surface area contributed by atoms with Gasteiger partial charge in [-0.1, -0.05) is 55.4 Å². The number of thioether (sulfide) groups is 1. The van der Waals surface area contributed by atoms with Gasteiger partial charge in [-0.15, -0.1) is 10.2 Å². The number of hydrogen-bond donors (Lipinski definition) is 1. The topological polar surface area (TPSA) is 69.0 Å². The van der Waals surface area contributed by atoms with Crippen LogP contribution in [0, 0.1) is 0 Å². The lowest BCUT2D eigenvalue weighted by atomic mass is 10.0. The van der Waals surface area contributed by atoms with Crippen LogP contribution >= 0.6 is 23.4 Å². The molecule has 1 amide bonds. The van der Waals surface area contributed by atoms with Gasteiger partial charge in [-0.25, -0.2) is 0 Å². The summed E-state index contributed by atoms with van der Waals surface area (Å²) in [5.74, 6) is 2.03. The van der Waals surface area contributed by atoms with Crippen molar-refractivity contribution >= 4 is 35.0 Å². The van der Waals surface area contributed by atoms with E-state index in [0.717, 1.165) is 5.75 Å². The van der Waals surface area contributed by atoms with E-state index in [9.17, 15) is 4.79 Å². The van der Waals surface area contributed by atoms with Crippen LogP contribution in [0.2, 0.25) is 5.02 Å². The molecular formula is C22H25ClN4O2S. The molecule has 1 atom stereocenters. The highest BCUT2D eigenvalue weighted by molar-refractivity contribution is 7.99. The van der Waals surface area contributed by atoms with Gasteiger partial charge in [0, 0.05) is 17.8 Å². The molecule has 0 bridgehead atoms. The third-order valence-electron chi connectivity index (χ3n) is 4.53. The monoisotopic (exact) mass is 444 g/mol. The van der Waals surface area contributed by atoms with Crippen molar-refractivity contribution in [1.29, 1.82) is 0 Å². The van der Waals surface area contributed by atoms with Crippen molar-refractivity contribution in [3.63, 3.8) is 0 Å². The third-order valence-corrected chi connectivity index (χ3v) is 5.79.